The van der Waals surface area contributed by atoms with Gasteiger partial charge >= 0.3 is 0 Å². The molecule has 0 aliphatic rings. The van der Waals surface area contributed by atoms with E-state index in [9.17, 15) is 4.79 Å². The summed E-state index contributed by atoms with van der Waals surface area (Å²) in [6, 6.07) is 23.7. The van der Waals surface area contributed by atoms with Gasteiger partial charge in [-0.25, -0.2) is 0 Å². The fourth-order valence-electron chi connectivity index (χ4n) is 3.22. The Hall–Kier alpha value is -3.12. The molecule has 1 heterocycles. The van der Waals surface area contributed by atoms with Crippen LogP contribution in [0.25, 0.3) is 16.5 Å². The monoisotopic (exact) mass is 402 g/mol. The molecule has 0 unspecified atom stereocenters. The molecule has 4 rings (SSSR count). The normalized spacial score (nSPS) is 10.9. The van der Waals surface area contributed by atoms with Gasteiger partial charge in [-0.15, -0.1) is 10.2 Å². The van der Waals surface area contributed by atoms with E-state index in [2.05, 4.69) is 22.4 Å². The maximum Gasteiger partial charge on any atom is 0.252 e. The molecule has 6 heteroatoms. The Morgan fingerprint density at radius 3 is 2.55 bits per heavy atom. The van der Waals surface area contributed by atoms with E-state index in [1.165, 1.54) is 0 Å². The summed E-state index contributed by atoms with van der Waals surface area (Å²) in [4.78, 5) is 12.9. The van der Waals surface area contributed by atoms with Gasteiger partial charge in [-0.2, -0.15) is 0 Å². The first-order chi connectivity index (χ1) is 14.3. The average Bonchev–Trinajstić information content (AvgIpc) is 3.19. The first-order valence-corrected chi connectivity index (χ1v) is 10.6. The first-order valence-electron chi connectivity index (χ1n) is 9.66. The number of carbonyl (C=O) groups excluding carboxylic acids is 1. The molecule has 0 saturated heterocycles. The van der Waals surface area contributed by atoms with Gasteiger partial charge in [-0.05, 0) is 35.4 Å². The van der Waals surface area contributed by atoms with Gasteiger partial charge in [0.15, 0.2) is 11.0 Å². The summed E-state index contributed by atoms with van der Waals surface area (Å²) in [5, 5.41) is 14.5. The zero-order valence-electron chi connectivity index (χ0n) is 16.2. The van der Waals surface area contributed by atoms with Gasteiger partial charge in [0.1, 0.15) is 0 Å². The van der Waals surface area contributed by atoms with Crippen LogP contribution in [0, 0.1) is 0 Å². The fraction of sp³-hybridized carbons (Fsp3) is 0.174. The van der Waals surface area contributed by atoms with Crippen molar-refractivity contribution in [1.82, 2.24) is 20.1 Å². The highest BCUT2D eigenvalue weighted by molar-refractivity contribution is 7.99. The molecule has 1 amide bonds. The predicted octanol–water partition coefficient (Wildman–Crippen LogP) is 4.85. The number of thioether (sulfide) groups is 1. The van der Waals surface area contributed by atoms with Crippen LogP contribution in [0.15, 0.2) is 78.0 Å². The Kier molecular flexibility index (Phi) is 5.91. The third kappa shape index (κ3) is 4.17. The summed E-state index contributed by atoms with van der Waals surface area (Å²) in [6.07, 6.45) is 1.06. The van der Waals surface area contributed by atoms with Crippen molar-refractivity contribution in [2.75, 3.05) is 5.75 Å². The smallest absolute Gasteiger partial charge is 0.252 e. The van der Waals surface area contributed by atoms with E-state index in [-0.39, 0.29) is 5.91 Å². The molecule has 1 aromatic heterocycles. The highest BCUT2D eigenvalue weighted by Crippen LogP contribution is 2.23. The van der Waals surface area contributed by atoms with E-state index in [1.807, 2.05) is 77.4 Å². The van der Waals surface area contributed by atoms with Crippen molar-refractivity contribution < 1.29 is 4.79 Å². The first kappa shape index (κ1) is 19.2. The van der Waals surface area contributed by atoms with E-state index in [0.29, 0.717) is 17.9 Å². The number of fused-ring (bicyclic) bond motifs is 1. The molecule has 0 saturated carbocycles. The van der Waals surface area contributed by atoms with E-state index >= 15 is 0 Å². The second-order valence-corrected chi connectivity index (χ2v) is 7.69. The number of hydrogen-bond acceptors (Lipinski definition) is 4. The molecular weight excluding hydrogens is 380 g/mol. The summed E-state index contributed by atoms with van der Waals surface area (Å²) < 4.78 is 2.02. The van der Waals surface area contributed by atoms with Crippen molar-refractivity contribution in [3.05, 3.63) is 84.2 Å². The van der Waals surface area contributed by atoms with E-state index in [1.54, 1.807) is 11.8 Å². The molecule has 0 spiro atoms. The number of benzene rings is 3. The Bertz CT molecular complexity index is 1120. The predicted molar refractivity (Wildman–Crippen MR) is 117 cm³/mol. The number of nitrogens with one attached hydrogen (secondary N) is 1. The summed E-state index contributed by atoms with van der Waals surface area (Å²) in [6.45, 7) is 2.44. The lowest BCUT2D eigenvalue weighted by atomic mass is 10.0. The highest BCUT2D eigenvalue weighted by atomic mass is 32.2. The van der Waals surface area contributed by atoms with Crippen molar-refractivity contribution in [1.29, 1.82) is 0 Å². The number of carbonyl (C=O) groups is 1. The lowest BCUT2D eigenvalue weighted by Crippen LogP contribution is -2.25. The highest BCUT2D eigenvalue weighted by Gasteiger charge is 2.16. The van der Waals surface area contributed by atoms with Crippen LogP contribution >= 0.6 is 11.8 Å². The van der Waals surface area contributed by atoms with Gasteiger partial charge in [0.05, 0.1) is 6.54 Å². The summed E-state index contributed by atoms with van der Waals surface area (Å²) in [5.41, 5.74) is 1.65. The Balaban J connectivity index is 1.59. The van der Waals surface area contributed by atoms with Crippen LogP contribution in [0.5, 0.6) is 0 Å². The maximum atomic E-state index is 12.9. The van der Waals surface area contributed by atoms with Crippen molar-refractivity contribution >= 4 is 28.4 Å². The van der Waals surface area contributed by atoms with Gasteiger partial charge in [-0.1, -0.05) is 73.3 Å². The van der Waals surface area contributed by atoms with Crippen LogP contribution in [0.3, 0.4) is 0 Å². The number of nitrogens with zero attached hydrogens (tertiary/aromatic N) is 3. The van der Waals surface area contributed by atoms with Crippen LogP contribution in [0.4, 0.5) is 0 Å². The Labute approximate surface area is 174 Å². The topological polar surface area (TPSA) is 59.8 Å². The lowest BCUT2D eigenvalue weighted by Gasteiger charge is -2.11. The molecule has 4 aromatic rings. The molecule has 3 aromatic carbocycles. The van der Waals surface area contributed by atoms with E-state index in [0.717, 1.165) is 33.8 Å². The number of rotatable bonds is 7. The van der Waals surface area contributed by atoms with Gasteiger partial charge in [-0.3, -0.25) is 9.36 Å². The summed E-state index contributed by atoms with van der Waals surface area (Å²) in [7, 11) is 0. The lowest BCUT2D eigenvalue weighted by molar-refractivity contribution is 0.0951. The largest absolute Gasteiger partial charge is 0.345 e. The van der Waals surface area contributed by atoms with Crippen LogP contribution in [0.2, 0.25) is 0 Å². The van der Waals surface area contributed by atoms with E-state index < -0.39 is 0 Å². The third-order valence-electron chi connectivity index (χ3n) is 4.59. The third-order valence-corrected chi connectivity index (χ3v) is 5.73. The van der Waals surface area contributed by atoms with Crippen molar-refractivity contribution in [2.45, 2.75) is 25.0 Å². The number of amides is 1. The van der Waals surface area contributed by atoms with Crippen LogP contribution in [-0.4, -0.2) is 26.4 Å². The molecule has 1 N–H and O–H groups in total. The molecule has 146 valence electrons. The molecule has 0 aliphatic carbocycles. The molecule has 0 bridgehead atoms. The fourth-order valence-corrected chi connectivity index (χ4v) is 4.04. The van der Waals surface area contributed by atoms with Crippen molar-refractivity contribution in [3.8, 4) is 5.69 Å². The Morgan fingerprint density at radius 2 is 1.72 bits per heavy atom. The van der Waals surface area contributed by atoms with Crippen molar-refractivity contribution in [2.24, 2.45) is 0 Å². The number of para-hydroxylation sites is 1. The van der Waals surface area contributed by atoms with Crippen LogP contribution in [-0.2, 0) is 6.54 Å². The van der Waals surface area contributed by atoms with Gasteiger partial charge in [0, 0.05) is 17.0 Å². The van der Waals surface area contributed by atoms with Crippen molar-refractivity contribution in [3.63, 3.8) is 0 Å². The molecule has 0 atom stereocenters. The molecule has 0 fully saturated rings. The van der Waals surface area contributed by atoms with Gasteiger partial charge in [0.25, 0.3) is 5.91 Å². The van der Waals surface area contributed by atoms with Crippen LogP contribution < -0.4 is 5.32 Å². The van der Waals surface area contributed by atoms with Gasteiger partial charge in [0.2, 0.25) is 0 Å². The minimum absolute atomic E-state index is 0.118. The number of aromatic nitrogens is 3. The molecule has 29 heavy (non-hydrogen) atoms. The standard InChI is InChI=1S/C23H22N4OS/c1-2-15-29-23-26-25-21(27(23)18-11-4-3-5-12-18)16-24-22(28)20-14-8-10-17-9-6-7-13-19(17)20/h3-14H,2,15-16H2,1H3,(H,24,28). The average molecular weight is 403 g/mol. The Morgan fingerprint density at radius 1 is 0.966 bits per heavy atom. The summed E-state index contributed by atoms with van der Waals surface area (Å²) in [5.74, 6) is 1.56. The second-order valence-electron chi connectivity index (χ2n) is 6.63. The van der Waals surface area contributed by atoms with Gasteiger partial charge < -0.3 is 5.32 Å². The van der Waals surface area contributed by atoms with Crippen LogP contribution in [0.1, 0.15) is 29.5 Å². The summed E-state index contributed by atoms with van der Waals surface area (Å²) >= 11 is 1.67. The molecule has 0 aliphatic heterocycles. The molecule has 5 nitrogen and oxygen atoms in total. The quantitative estimate of drug-likeness (QED) is 0.449. The second kappa shape index (κ2) is 8.92. The zero-order valence-corrected chi connectivity index (χ0v) is 17.0. The van der Waals surface area contributed by atoms with E-state index in [4.69, 9.17) is 0 Å². The maximum absolute atomic E-state index is 12.9. The zero-order chi connectivity index (χ0) is 20.1. The minimum atomic E-state index is -0.118. The molecular formula is C23H22N4OS. The SMILES string of the molecule is CCCSc1nnc(CNC(=O)c2cccc3ccccc23)n1-c1ccccc1. The number of hydrogen-bond donors (Lipinski definition) is 1. The minimum Gasteiger partial charge on any atom is -0.345 e. The molecule has 0 radical (unpaired) electrons.